The smallest absolute Gasteiger partial charge is 0.238 e. The summed E-state index contributed by atoms with van der Waals surface area (Å²) < 4.78 is 28.3. The van der Waals surface area contributed by atoms with Crippen LogP contribution in [-0.4, -0.2) is 14.2 Å². The van der Waals surface area contributed by atoms with E-state index in [4.69, 9.17) is 9.88 Å². The van der Waals surface area contributed by atoms with E-state index < -0.39 is 10.0 Å². The molecule has 0 aliphatic rings. The first-order valence-corrected chi connectivity index (χ1v) is 7.66. The van der Waals surface area contributed by atoms with E-state index in [-0.39, 0.29) is 54.7 Å². The molecule has 0 unspecified atom stereocenters. The summed E-state index contributed by atoms with van der Waals surface area (Å²) in [7, 11) is -3.87. The zero-order valence-corrected chi connectivity index (χ0v) is 15.8. The molecule has 0 aromatic heterocycles. The van der Waals surface area contributed by atoms with Gasteiger partial charge >= 0.3 is 0 Å². The monoisotopic (exact) mass is 393 g/mol. The quantitative estimate of drug-likeness (QED) is 0.639. The third-order valence-corrected chi connectivity index (χ3v) is 3.74. The van der Waals surface area contributed by atoms with Gasteiger partial charge in [-0.05, 0) is 25.1 Å². The molecule has 22 heavy (non-hydrogen) atoms. The SMILES string of the molecule is CC(=O)c1cc(S(N)(=O)=O)ccc1Oc1c[c-]c(C)cc1.[Y]. The predicted molar refractivity (Wildman–Crippen MR) is 77.9 cm³/mol. The van der Waals surface area contributed by atoms with Crippen molar-refractivity contribution in [2.45, 2.75) is 18.7 Å². The van der Waals surface area contributed by atoms with Gasteiger partial charge in [0.25, 0.3) is 0 Å². The molecule has 2 aromatic carbocycles. The Labute approximate surface area is 154 Å². The number of nitrogens with two attached hydrogens (primary N) is 1. The van der Waals surface area contributed by atoms with Crippen molar-refractivity contribution in [3.63, 3.8) is 0 Å². The van der Waals surface area contributed by atoms with Crippen LogP contribution in [0.3, 0.4) is 0 Å². The van der Waals surface area contributed by atoms with Crippen LogP contribution in [0.2, 0.25) is 0 Å². The molecule has 0 bridgehead atoms. The maximum Gasteiger partial charge on any atom is 0.238 e. The molecule has 2 rings (SSSR count). The molecule has 0 heterocycles. The zero-order valence-electron chi connectivity index (χ0n) is 12.2. The summed E-state index contributed by atoms with van der Waals surface area (Å²) in [5.74, 6) is 0.463. The third-order valence-electron chi connectivity index (χ3n) is 2.83. The summed E-state index contributed by atoms with van der Waals surface area (Å²) in [5.41, 5.74) is 1.11. The molecule has 5 nitrogen and oxygen atoms in total. The van der Waals surface area contributed by atoms with Crippen LogP contribution in [0.4, 0.5) is 0 Å². The van der Waals surface area contributed by atoms with Gasteiger partial charge in [0, 0.05) is 38.5 Å². The number of hydrogen-bond acceptors (Lipinski definition) is 4. The first-order chi connectivity index (χ1) is 9.77. The average Bonchev–Trinajstić information content (AvgIpc) is 2.40. The number of ether oxygens (including phenoxy) is 1. The van der Waals surface area contributed by atoms with E-state index in [9.17, 15) is 13.2 Å². The fourth-order valence-corrected chi connectivity index (χ4v) is 2.27. The van der Waals surface area contributed by atoms with Crippen LogP contribution in [0.15, 0.2) is 41.3 Å². The van der Waals surface area contributed by atoms with Crippen LogP contribution >= 0.6 is 0 Å². The Balaban J connectivity index is 0.00000242. The number of carbonyl (C=O) groups excluding carboxylic acids is 1. The van der Waals surface area contributed by atoms with Crippen LogP contribution in [0, 0.1) is 13.0 Å². The van der Waals surface area contributed by atoms with Crippen molar-refractivity contribution in [3.8, 4) is 11.5 Å². The Morgan fingerprint density at radius 2 is 1.91 bits per heavy atom. The van der Waals surface area contributed by atoms with Gasteiger partial charge in [0.15, 0.2) is 5.78 Å². The normalized spacial score (nSPS) is 10.7. The maximum absolute atomic E-state index is 11.7. The summed E-state index contributed by atoms with van der Waals surface area (Å²) in [4.78, 5) is 11.5. The van der Waals surface area contributed by atoms with E-state index >= 15 is 0 Å². The predicted octanol–water partition coefficient (Wildman–Crippen LogP) is 2.44. The number of Topliss-reactive ketones (excluding diaryl/α,β-unsaturated/α-hetero) is 1. The second-order valence-electron chi connectivity index (χ2n) is 4.57. The minimum absolute atomic E-state index is 0. The van der Waals surface area contributed by atoms with Gasteiger partial charge < -0.3 is 4.74 Å². The minimum atomic E-state index is -3.87. The number of carbonyl (C=O) groups is 1. The van der Waals surface area contributed by atoms with Gasteiger partial charge in [0.05, 0.1) is 10.5 Å². The number of hydrogen-bond donors (Lipinski definition) is 1. The summed E-state index contributed by atoms with van der Waals surface area (Å²) in [6.45, 7) is 3.22. The number of rotatable bonds is 4. The van der Waals surface area contributed by atoms with E-state index in [0.717, 1.165) is 5.56 Å². The topological polar surface area (TPSA) is 86.5 Å². The van der Waals surface area contributed by atoms with Crippen molar-refractivity contribution in [2.24, 2.45) is 5.14 Å². The Bertz CT molecular complexity index is 786. The second-order valence-corrected chi connectivity index (χ2v) is 6.13. The van der Waals surface area contributed by atoms with Crippen molar-refractivity contribution >= 4 is 15.8 Å². The fourth-order valence-electron chi connectivity index (χ4n) is 1.73. The van der Waals surface area contributed by atoms with Gasteiger partial charge in [-0.25, -0.2) is 13.6 Å². The standard InChI is InChI=1S/C15H14NO4S.Y/c1-10-3-5-12(6-4-10)20-15-8-7-13(21(16,18)19)9-14(15)11(2)17;/h3,5-9H,1-2H3,(H2,16,18,19);/q-1;. The van der Waals surface area contributed by atoms with Gasteiger partial charge in [-0.1, -0.05) is 6.92 Å². The summed E-state index contributed by atoms with van der Waals surface area (Å²) in [6.07, 6.45) is 0. The molecule has 2 N–H and O–H groups in total. The van der Waals surface area contributed by atoms with E-state index in [2.05, 4.69) is 6.07 Å². The molecule has 0 fully saturated rings. The molecule has 0 aliphatic carbocycles. The van der Waals surface area contributed by atoms with Crippen LogP contribution < -0.4 is 9.88 Å². The summed E-state index contributed by atoms with van der Waals surface area (Å²) >= 11 is 0. The van der Waals surface area contributed by atoms with Crippen molar-refractivity contribution < 1.29 is 50.7 Å². The molecule has 1 radical (unpaired) electrons. The molecule has 0 saturated carbocycles. The van der Waals surface area contributed by atoms with Gasteiger partial charge in [0.2, 0.25) is 10.0 Å². The summed E-state index contributed by atoms with van der Waals surface area (Å²) in [5, 5.41) is 5.06. The maximum atomic E-state index is 11.7. The van der Waals surface area contributed by atoms with Crippen LogP contribution in [0.5, 0.6) is 11.5 Å². The number of sulfonamides is 1. The molecule has 2 aromatic rings. The second kappa shape index (κ2) is 7.46. The Hall–Kier alpha value is -1.08. The van der Waals surface area contributed by atoms with Crippen molar-refractivity contribution in [1.29, 1.82) is 0 Å². The van der Waals surface area contributed by atoms with Gasteiger partial charge in [0.1, 0.15) is 5.75 Å². The van der Waals surface area contributed by atoms with Crippen LogP contribution in [0.1, 0.15) is 22.8 Å². The molecule has 0 aliphatic heterocycles. The molecule has 0 saturated heterocycles. The Kier molecular flexibility index (Phi) is 6.43. The fraction of sp³-hybridized carbons (Fsp3) is 0.133. The molecule has 0 amide bonds. The average molecular weight is 393 g/mol. The number of benzene rings is 2. The van der Waals surface area contributed by atoms with Crippen molar-refractivity contribution in [3.05, 3.63) is 53.6 Å². The zero-order chi connectivity index (χ0) is 15.6. The van der Waals surface area contributed by atoms with Gasteiger partial charge in [-0.3, -0.25) is 4.79 Å². The van der Waals surface area contributed by atoms with Crippen LogP contribution in [-0.2, 0) is 42.7 Å². The molecule has 113 valence electrons. The van der Waals surface area contributed by atoms with Crippen LogP contribution in [0.25, 0.3) is 0 Å². The Morgan fingerprint density at radius 1 is 1.23 bits per heavy atom. The molecule has 0 spiro atoms. The van der Waals surface area contributed by atoms with Gasteiger partial charge in [-0.2, -0.15) is 17.7 Å². The molecular formula is C15H14NO4SY-. The molecule has 0 atom stereocenters. The largest absolute Gasteiger partial charge is 0.516 e. The molecular weight excluding hydrogens is 379 g/mol. The first-order valence-electron chi connectivity index (χ1n) is 6.11. The van der Waals surface area contributed by atoms with E-state index in [1.807, 2.05) is 13.0 Å². The number of aryl methyl sites for hydroxylation is 1. The first kappa shape index (κ1) is 19.0. The number of primary sulfonamides is 1. The van der Waals surface area contributed by atoms with E-state index in [1.165, 1.54) is 25.1 Å². The number of ketones is 1. The van der Waals surface area contributed by atoms with Crippen molar-refractivity contribution in [2.75, 3.05) is 0 Å². The molecule has 7 heteroatoms. The minimum Gasteiger partial charge on any atom is -0.516 e. The van der Waals surface area contributed by atoms with E-state index in [0.29, 0.717) is 5.75 Å². The van der Waals surface area contributed by atoms with Crippen molar-refractivity contribution in [1.82, 2.24) is 0 Å². The third kappa shape index (κ3) is 4.71. The summed E-state index contributed by atoms with van der Waals surface area (Å²) in [6, 6.07) is 12.1. The van der Waals surface area contributed by atoms with E-state index in [1.54, 1.807) is 12.1 Å². The Morgan fingerprint density at radius 3 is 2.41 bits per heavy atom. The van der Waals surface area contributed by atoms with Gasteiger partial charge in [-0.15, -0.1) is 12.1 Å².